The SMILES string of the molecule is [c]1nc(-c2ccccc2)nc(-c2ccccc2)n1. The minimum absolute atomic E-state index is 0.643. The van der Waals surface area contributed by atoms with E-state index in [2.05, 4.69) is 21.3 Å². The maximum atomic E-state index is 4.46. The zero-order valence-corrected chi connectivity index (χ0v) is 9.62. The summed E-state index contributed by atoms with van der Waals surface area (Å²) in [5.74, 6) is 1.29. The van der Waals surface area contributed by atoms with Gasteiger partial charge in [0.15, 0.2) is 11.6 Å². The summed E-state index contributed by atoms with van der Waals surface area (Å²) < 4.78 is 0. The molecule has 3 rings (SSSR count). The second-order valence-electron chi connectivity index (χ2n) is 3.81. The van der Waals surface area contributed by atoms with Crippen LogP contribution in [0.5, 0.6) is 0 Å². The van der Waals surface area contributed by atoms with Crippen molar-refractivity contribution < 1.29 is 0 Å². The van der Waals surface area contributed by atoms with Gasteiger partial charge in [-0.3, -0.25) is 0 Å². The zero-order valence-electron chi connectivity index (χ0n) is 9.62. The van der Waals surface area contributed by atoms with Gasteiger partial charge < -0.3 is 0 Å². The summed E-state index contributed by atoms with van der Waals surface area (Å²) in [5.41, 5.74) is 1.93. The first-order chi connectivity index (χ1) is 8.93. The number of hydrogen-bond donors (Lipinski definition) is 0. The van der Waals surface area contributed by atoms with Crippen LogP contribution in [0.4, 0.5) is 0 Å². The molecule has 0 N–H and O–H groups in total. The van der Waals surface area contributed by atoms with Gasteiger partial charge in [-0.15, -0.1) is 0 Å². The molecule has 1 radical (unpaired) electrons. The summed E-state index contributed by atoms with van der Waals surface area (Å²) in [5, 5.41) is 0. The molecule has 0 aliphatic carbocycles. The van der Waals surface area contributed by atoms with E-state index in [1.54, 1.807) is 0 Å². The van der Waals surface area contributed by atoms with Crippen molar-refractivity contribution in [2.24, 2.45) is 0 Å². The monoisotopic (exact) mass is 232 g/mol. The van der Waals surface area contributed by atoms with E-state index in [4.69, 9.17) is 0 Å². The Hall–Kier alpha value is -2.55. The topological polar surface area (TPSA) is 38.7 Å². The van der Waals surface area contributed by atoms with Gasteiger partial charge in [-0.2, -0.15) is 0 Å². The third-order valence-corrected chi connectivity index (χ3v) is 2.59. The fraction of sp³-hybridized carbons (Fsp3) is 0. The van der Waals surface area contributed by atoms with E-state index in [0.29, 0.717) is 11.6 Å². The lowest BCUT2D eigenvalue weighted by atomic mass is 10.2. The zero-order chi connectivity index (χ0) is 12.2. The molecule has 3 heteroatoms. The lowest BCUT2D eigenvalue weighted by Gasteiger charge is -2.02. The summed E-state index contributed by atoms with van der Waals surface area (Å²) in [6.07, 6.45) is 2.66. The molecule has 3 aromatic rings. The van der Waals surface area contributed by atoms with Crippen molar-refractivity contribution in [2.45, 2.75) is 0 Å². The second kappa shape index (κ2) is 4.75. The number of aromatic nitrogens is 3. The van der Waals surface area contributed by atoms with Gasteiger partial charge in [0.05, 0.1) is 0 Å². The third kappa shape index (κ3) is 2.11. The van der Waals surface area contributed by atoms with E-state index >= 15 is 0 Å². The Labute approximate surface area is 105 Å². The summed E-state index contributed by atoms with van der Waals surface area (Å²) in [4.78, 5) is 12.6. The maximum Gasteiger partial charge on any atom is 0.202 e. The standard InChI is InChI=1S/C15H10N3/c1-3-7-12(8-4-1)14-16-11-17-15(18-14)13-9-5-2-6-10-13/h1-10H. The quantitative estimate of drug-likeness (QED) is 0.681. The second-order valence-corrected chi connectivity index (χ2v) is 3.81. The largest absolute Gasteiger partial charge is 0.208 e. The molecule has 18 heavy (non-hydrogen) atoms. The molecular weight excluding hydrogens is 222 g/mol. The number of rotatable bonds is 2. The fourth-order valence-corrected chi connectivity index (χ4v) is 1.70. The van der Waals surface area contributed by atoms with E-state index in [-0.39, 0.29) is 0 Å². The third-order valence-electron chi connectivity index (χ3n) is 2.59. The number of nitrogens with zero attached hydrogens (tertiary/aromatic N) is 3. The van der Waals surface area contributed by atoms with Gasteiger partial charge in [0.2, 0.25) is 6.33 Å². The van der Waals surface area contributed by atoms with Crippen molar-refractivity contribution in [1.29, 1.82) is 0 Å². The summed E-state index contributed by atoms with van der Waals surface area (Å²) >= 11 is 0. The molecule has 0 saturated carbocycles. The van der Waals surface area contributed by atoms with Crippen LogP contribution in [0, 0.1) is 6.33 Å². The van der Waals surface area contributed by atoms with Crippen LogP contribution in [0.3, 0.4) is 0 Å². The van der Waals surface area contributed by atoms with E-state index in [1.807, 2.05) is 60.7 Å². The molecule has 0 bridgehead atoms. The van der Waals surface area contributed by atoms with Gasteiger partial charge in [0, 0.05) is 11.1 Å². The molecule has 0 amide bonds. The van der Waals surface area contributed by atoms with Crippen LogP contribution in [0.25, 0.3) is 22.8 Å². The molecule has 0 spiro atoms. The first-order valence-electron chi connectivity index (χ1n) is 5.66. The Morgan fingerprint density at radius 3 is 1.50 bits per heavy atom. The summed E-state index contributed by atoms with van der Waals surface area (Å²) in [6, 6.07) is 19.6. The molecule has 0 saturated heterocycles. The maximum absolute atomic E-state index is 4.46. The van der Waals surface area contributed by atoms with Crippen LogP contribution >= 0.6 is 0 Å². The van der Waals surface area contributed by atoms with Crippen molar-refractivity contribution >= 4 is 0 Å². The van der Waals surface area contributed by atoms with Crippen molar-refractivity contribution in [3.8, 4) is 22.8 Å². The highest BCUT2D eigenvalue weighted by Gasteiger charge is 2.05. The highest BCUT2D eigenvalue weighted by Crippen LogP contribution is 2.17. The first-order valence-corrected chi connectivity index (χ1v) is 5.66. The molecular formula is C15H10N3. The first kappa shape index (κ1) is 10.6. The summed E-state index contributed by atoms with van der Waals surface area (Å²) in [7, 11) is 0. The lowest BCUT2D eigenvalue weighted by Crippen LogP contribution is -1.95. The average molecular weight is 232 g/mol. The van der Waals surface area contributed by atoms with Crippen molar-refractivity contribution in [2.75, 3.05) is 0 Å². The minimum Gasteiger partial charge on any atom is -0.208 e. The van der Waals surface area contributed by atoms with Crippen LogP contribution in [0.15, 0.2) is 60.7 Å². The highest BCUT2D eigenvalue weighted by molar-refractivity contribution is 5.59. The fourth-order valence-electron chi connectivity index (χ4n) is 1.70. The summed E-state index contributed by atoms with van der Waals surface area (Å²) in [6.45, 7) is 0. The van der Waals surface area contributed by atoms with Crippen LogP contribution in [0.2, 0.25) is 0 Å². The molecule has 0 atom stereocenters. The predicted molar refractivity (Wildman–Crippen MR) is 69.5 cm³/mol. The normalized spacial score (nSPS) is 10.2. The molecule has 0 unspecified atom stereocenters. The van der Waals surface area contributed by atoms with E-state index in [1.165, 1.54) is 0 Å². The Bertz CT molecular complexity index is 581. The Morgan fingerprint density at radius 2 is 1.06 bits per heavy atom. The van der Waals surface area contributed by atoms with Gasteiger partial charge in [-0.05, 0) is 0 Å². The van der Waals surface area contributed by atoms with Crippen LogP contribution < -0.4 is 0 Å². The molecule has 0 fully saturated rings. The Balaban J connectivity index is 2.05. The smallest absolute Gasteiger partial charge is 0.202 e. The highest BCUT2D eigenvalue weighted by atomic mass is 15.0. The molecule has 1 aromatic heterocycles. The predicted octanol–water partition coefficient (Wildman–Crippen LogP) is 3.01. The lowest BCUT2D eigenvalue weighted by molar-refractivity contribution is 1.05. The minimum atomic E-state index is 0.643. The molecule has 3 nitrogen and oxygen atoms in total. The van der Waals surface area contributed by atoms with Crippen molar-refractivity contribution in [3.63, 3.8) is 0 Å². The van der Waals surface area contributed by atoms with Gasteiger partial charge in [-0.1, -0.05) is 60.7 Å². The Morgan fingerprint density at radius 1 is 0.611 bits per heavy atom. The van der Waals surface area contributed by atoms with Crippen molar-refractivity contribution in [1.82, 2.24) is 15.0 Å². The van der Waals surface area contributed by atoms with Gasteiger partial charge in [-0.25, -0.2) is 15.0 Å². The van der Waals surface area contributed by atoms with Crippen molar-refractivity contribution in [3.05, 3.63) is 67.0 Å². The molecule has 2 aromatic carbocycles. The van der Waals surface area contributed by atoms with E-state index in [0.717, 1.165) is 11.1 Å². The Kier molecular flexibility index (Phi) is 2.80. The molecule has 0 aliphatic heterocycles. The van der Waals surface area contributed by atoms with Gasteiger partial charge in [0.1, 0.15) is 0 Å². The van der Waals surface area contributed by atoms with Gasteiger partial charge >= 0.3 is 0 Å². The molecule has 85 valence electrons. The van der Waals surface area contributed by atoms with Crippen LogP contribution in [-0.2, 0) is 0 Å². The van der Waals surface area contributed by atoms with Gasteiger partial charge in [0.25, 0.3) is 0 Å². The van der Waals surface area contributed by atoms with Crippen LogP contribution in [0.1, 0.15) is 0 Å². The molecule has 1 heterocycles. The average Bonchev–Trinajstić information content (AvgIpc) is 2.49. The van der Waals surface area contributed by atoms with E-state index in [9.17, 15) is 0 Å². The molecule has 0 aliphatic rings. The number of hydrogen-bond acceptors (Lipinski definition) is 3. The number of benzene rings is 2. The van der Waals surface area contributed by atoms with Crippen LogP contribution in [-0.4, -0.2) is 15.0 Å². The van der Waals surface area contributed by atoms with E-state index < -0.39 is 0 Å².